The fraction of sp³-hybridized carbons (Fsp3) is 0.636. The third kappa shape index (κ3) is 5.61. The first-order chi connectivity index (χ1) is 8.63. The van der Waals surface area contributed by atoms with Gasteiger partial charge in [0, 0.05) is 26.3 Å². The number of anilines is 2. The van der Waals surface area contributed by atoms with Crippen LogP contribution in [0.15, 0.2) is 10.7 Å². The molecule has 102 valence electrons. The summed E-state index contributed by atoms with van der Waals surface area (Å²) in [4.78, 5) is 10.5. The zero-order valence-corrected chi connectivity index (χ0v) is 12.6. The minimum Gasteiger partial charge on any atom is -0.378 e. The largest absolute Gasteiger partial charge is 0.378 e. The van der Waals surface area contributed by atoms with E-state index in [1.54, 1.807) is 13.2 Å². The Kier molecular flexibility index (Phi) is 6.92. The molecule has 0 saturated heterocycles. The number of halogens is 1. The Morgan fingerprint density at radius 3 is 2.83 bits per heavy atom. The molecule has 7 heteroatoms. The van der Waals surface area contributed by atoms with Crippen molar-refractivity contribution in [1.82, 2.24) is 14.9 Å². The Balaban J connectivity index is 2.26. The fourth-order valence-corrected chi connectivity index (χ4v) is 1.53. The van der Waals surface area contributed by atoms with Crippen molar-refractivity contribution < 1.29 is 4.74 Å². The maximum absolute atomic E-state index is 5.48. The highest BCUT2D eigenvalue weighted by atomic mass is 79.9. The Bertz CT molecular complexity index is 361. The summed E-state index contributed by atoms with van der Waals surface area (Å²) in [5.74, 6) is 1.36. The van der Waals surface area contributed by atoms with Crippen LogP contribution in [0.25, 0.3) is 0 Å². The molecule has 0 aliphatic carbocycles. The van der Waals surface area contributed by atoms with Crippen LogP contribution >= 0.6 is 15.9 Å². The van der Waals surface area contributed by atoms with Gasteiger partial charge in [0.05, 0.1) is 17.7 Å². The lowest BCUT2D eigenvalue weighted by atomic mass is 10.5. The van der Waals surface area contributed by atoms with Crippen LogP contribution in [0.5, 0.6) is 0 Å². The van der Waals surface area contributed by atoms with E-state index in [9.17, 15) is 0 Å². The predicted octanol–water partition coefficient (Wildman–Crippen LogP) is 1.27. The van der Waals surface area contributed by atoms with Crippen LogP contribution in [-0.4, -0.2) is 62.3 Å². The molecule has 0 amide bonds. The van der Waals surface area contributed by atoms with Gasteiger partial charge in [-0.15, -0.1) is 0 Å². The zero-order valence-electron chi connectivity index (χ0n) is 11.0. The third-order valence-corrected chi connectivity index (χ3v) is 2.77. The number of likely N-dealkylation sites (N-methyl/N-ethyl adjacent to an activating group) is 1. The highest BCUT2D eigenvalue weighted by Gasteiger charge is 2.03. The molecule has 0 bridgehead atoms. The Hall–Kier alpha value is -0.920. The normalized spacial score (nSPS) is 10.7. The van der Waals surface area contributed by atoms with E-state index >= 15 is 0 Å². The van der Waals surface area contributed by atoms with Crippen molar-refractivity contribution in [3.05, 3.63) is 10.7 Å². The van der Waals surface area contributed by atoms with E-state index in [-0.39, 0.29) is 0 Å². The Morgan fingerprint density at radius 1 is 1.39 bits per heavy atom. The number of nitrogens with zero attached hydrogens (tertiary/aromatic N) is 3. The van der Waals surface area contributed by atoms with Crippen molar-refractivity contribution in [1.29, 1.82) is 0 Å². The van der Waals surface area contributed by atoms with Crippen LogP contribution in [0, 0.1) is 0 Å². The first kappa shape index (κ1) is 15.1. The van der Waals surface area contributed by atoms with Crippen LogP contribution in [0.1, 0.15) is 0 Å². The summed E-state index contributed by atoms with van der Waals surface area (Å²) in [6.07, 6.45) is 1.72. The molecule has 0 atom stereocenters. The van der Waals surface area contributed by atoms with Gasteiger partial charge in [0.1, 0.15) is 5.82 Å². The number of aromatic nitrogens is 2. The van der Waals surface area contributed by atoms with Crippen molar-refractivity contribution in [3.8, 4) is 0 Å². The summed E-state index contributed by atoms with van der Waals surface area (Å²) in [6.45, 7) is 3.04. The zero-order chi connectivity index (χ0) is 13.4. The maximum atomic E-state index is 5.48. The lowest BCUT2D eigenvalue weighted by molar-refractivity contribution is 0.126. The molecule has 0 fully saturated rings. The summed E-state index contributed by atoms with van der Waals surface area (Å²) in [5.41, 5.74) is 0. The topological polar surface area (TPSA) is 62.3 Å². The molecule has 18 heavy (non-hydrogen) atoms. The minimum absolute atomic E-state index is 0.592. The van der Waals surface area contributed by atoms with Crippen LogP contribution in [0.2, 0.25) is 0 Å². The predicted molar refractivity (Wildman–Crippen MR) is 77.1 cm³/mol. The van der Waals surface area contributed by atoms with Gasteiger partial charge in [-0.3, -0.25) is 0 Å². The molecule has 6 nitrogen and oxygen atoms in total. The van der Waals surface area contributed by atoms with Crippen LogP contribution < -0.4 is 10.6 Å². The molecule has 1 heterocycles. The summed E-state index contributed by atoms with van der Waals surface area (Å²) in [7, 11) is 5.84. The van der Waals surface area contributed by atoms with Crippen LogP contribution in [0.3, 0.4) is 0 Å². The Labute approximate surface area is 116 Å². The van der Waals surface area contributed by atoms with Gasteiger partial charge in [0.15, 0.2) is 0 Å². The first-order valence-corrected chi connectivity index (χ1v) is 6.59. The average molecular weight is 318 g/mol. The number of rotatable bonds is 8. The highest BCUT2D eigenvalue weighted by molar-refractivity contribution is 9.10. The van der Waals surface area contributed by atoms with E-state index in [4.69, 9.17) is 4.74 Å². The molecule has 0 radical (unpaired) electrons. The monoisotopic (exact) mass is 317 g/mol. The second kappa shape index (κ2) is 8.23. The van der Waals surface area contributed by atoms with Crippen LogP contribution in [0.4, 0.5) is 11.8 Å². The average Bonchev–Trinajstić information content (AvgIpc) is 2.35. The van der Waals surface area contributed by atoms with Crippen molar-refractivity contribution >= 4 is 27.7 Å². The maximum Gasteiger partial charge on any atom is 0.224 e. The SMILES string of the molecule is CNc1ncc(Br)c(NCCOCCN(C)C)n1. The molecule has 0 aliphatic heterocycles. The molecule has 1 aromatic heterocycles. The molecule has 0 spiro atoms. The van der Waals surface area contributed by atoms with E-state index in [0.29, 0.717) is 19.1 Å². The molecule has 0 aromatic carbocycles. The van der Waals surface area contributed by atoms with E-state index in [2.05, 4.69) is 41.4 Å². The smallest absolute Gasteiger partial charge is 0.224 e. The second-order valence-electron chi connectivity index (χ2n) is 3.98. The molecule has 1 aromatic rings. The summed E-state index contributed by atoms with van der Waals surface area (Å²) >= 11 is 3.40. The molecular formula is C11H20BrN5O. The van der Waals surface area contributed by atoms with Crippen molar-refractivity contribution in [2.75, 3.05) is 58.1 Å². The number of nitrogens with one attached hydrogen (secondary N) is 2. The number of hydrogen-bond acceptors (Lipinski definition) is 6. The van der Waals surface area contributed by atoms with Crippen molar-refractivity contribution in [3.63, 3.8) is 0 Å². The molecule has 0 aliphatic rings. The van der Waals surface area contributed by atoms with Crippen LogP contribution in [-0.2, 0) is 4.74 Å². The molecule has 2 N–H and O–H groups in total. The minimum atomic E-state index is 0.592. The summed E-state index contributed by atoms with van der Waals surface area (Å²) in [5, 5.41) is 6.10. The van der Waals surface area contributed by atoms with E-state index in [1.165, 1.54) is 0 Å². The van der Waals surface area contributed by atoms with E-state index in [0.717, 1.165) is 23.4 Å². The fourth-order valence-electron chi connectivity index (χ4n) is 1.20. The van der Waals surface area contributed by atoms with Gasteiger partial charge in [0.2, 0.25) is 5.95 Å². The molecular weight excluding hydrogens is 298 g/mol. The van der Waals surface area contributed by atoms with Crippen molar-refractivity contribution in [2.45, 2.75) is 0 Å². The van der Waals surface area contributed by atoms with Gasteiger partial charge in [-0.1, -0.05) is 0 Å². The number of ether oxygens (including phenoxy) is 1. The van der Waals surface area contributed by atoms with Gasteiger partial charge in [-0.25, -0.2) is 4.98 Å². The van der Waals surface area contributed by atoms with Gasteiger partial charge in [-0.05, 0) is 30.0 Å². The molecule has 1 rings (SSSR count). The second-order valence-corrected chi connectivity index (χ2v) is 4.84. The van der Waals surface area contributed by atoms with Gasteiger partial charge < -0.3 is 20.3 Å². The summed E-state index contributed by atoms with van der Waals surface area (Å²) < 4.78 is 6.33. The van der Waals surface area contributed by atoms with Gasteiger partial charge in [0.25, 0.3) is 0 Å². The number of hydrogen-bond donors (Lipinski definition) is 2. The first-order valence-electron chi connectivity index (χ1n) is 5.80. The summed E-state index contributed by atoms with van der Waals surface area (Å²) in [6, 6.07) is 0. The Morgan fingerprint density at radius 2 is 2.17 bits per heavy atom. The standard InChI is InChI=1S/C11H20BrN5O/c1-13-11-15-8-9(12)10(16-11)14-4-6-18-7-5-17(2)3/h8H,4-7H2,1-3H3,(H2,13,14,15,16). The molecule has 0 saturated carbocycles. The van der Waals surface area contributed by atoms with E-state index in [1.807, 2.05) is 14.1 Å². The quantitative estimate of drug-likeness (QED) is 0.704. The highest BCUT2D eigenvalue weighted by Crippen LogP contribution is 2.19. The van der Waals surface area contributed by atoms with Gasteiger partial charge >= 0.3 is 0 Å². The van der Waals surface area contributed by atoms with E-state index < -0.39 is 0 Å². The van der Waals surface area contributed by atoms with Crippen molar-refractivity contribution in [2.24, 2.45) is 0 Å². The lowest BCUT2D eigenvalue weighted by Crippen LogP contribution is -2.20. The lowest BCUT2D eigenvalue weighted by Gasteiger charge is -2.11. The molecule has 0 unspecified atom stereocenters. The third-order valence-electron chi connectivity index (χ3n) is 2.19. The van der Waals surface area contributed by atoms with Gasteiger partial charge in [-0.2, -0.15) is 4.98 Å².